The minimum atomic E-state index is -0.636. The molecule has 2 N–H and O–H groups in total. The number of para-hydroxylation sites is 1. The monoisotopic (exact) mass is 424 g/mol. The molecule has 1 amide bonds. The van der Waals surface area contributed by atoms with Crippen LogP contribution in [-0.2, 0) is 17.8 Å². The first-order valence-corrected chi connectivity index (χ1v) is 10.2. The molecular formula is C25H20N4O3. The van der Waals surface area contributed by atoms with Gasteiger partial charge in [0.1, 0.15) is 23.4 Å². The van der Waals surface area contributed by atoms with Gasteiger partial charge in [0.25, 0.3) is 0 Å². The number of hydrogen-bond acceptors (Lipinski definition) is 5. The molecule has 32 heavy (non-hydrogen) atoms. The fourth-order valence-electron chi connectivity index (χ4n) is 3.80. The summed E-state index contributed by atoms with van der Waals surface area (Å²) in [7, 11) is 0. The van der Waals surface area contributed by atoms with Crippen LogP contribution in [0.2, 0.25) is 0 Å². The highest BCUT2D eigenvalue weighted by Gasteiger charge is 2.15. The van der Waals surface area contributed by atoms with Crippen LogP contribution in [0.15, 0.2) is 84.9 Å². The summed E-state index contributed by atoms with van der Waals surface area (Å²) in [5.74, 6) is 0.218. The van der Waals surface area contributed by atoms with Crippen LogP contribution >= 0.6 is 0 Å². The smallest absolute Gasteiger partial charge is 0.428 e. The van der Waals surface area contributed by atoms with Crippen molar-refractivity contribution in [2.45, 2.75) is 13.0 Å². The number of nitrogens with one attached hydrogen (secondary N) is 1. The molecule has 0 bridgehead atoms. The topological polar surface area (TPSA) is 89.3 Å². The number of aromatic nitrogens is 3. The zero-order valence-corrected chi connectivity index (χ0v) is 17.1. The number of benzene rings is 4. The number of nitrogens with zero attached hydrogens (tertiary/aromatic N) is 3. The van der Waals surface area contributed by atoms with E-state index in [0.29, 0.717) is 17.5 Å². The molecule has 0 fully saturated rings. The maximum atomic E-state index is 12.4. The zero-order valence-electron chi connectivity index (χ0n) is 17.1. The van der Waals surface area contributed by atoms with E-state index in [1.165, 1.54) is 4.79 Å². The highest BCUT2D eigenvalue weighted by atomic mass is 16.6. The molecule has 0 aliphatic carbocycles. The Morgan fingerprint density at radius 3 is 2.62 bits per heavy atom. The Bertz CT molecular complexity index is 1410. The van der Waals surface area contributed by atoms with Crippen molar-refractivity contribution in [2.75, 3.05) is 5.43 Å². The Hall–Kier alpha value is -4.39. The van der Waals surface area contributed by atoms with Crippen LogP contribution in [0, 0.1) is 0 Å². The number of rotatable bonds is 5. The van der Waals surface area contributed by atoms with Crippen LogP contribution < -0.4 is 5.43 Å². The summed E-state index contributed by atoms with van der Waals surface area (Å²) in [4.78, 5) is 13.7. The van der Waals surface area contributed by atoms with E-state index < -0.39 is 6.09 Å². The van der Waals surface area contributed by atoms with Crippen molar-refractivity contribution in [3.63, 3.8) is 0 Å². The Balaban J connectivity index is 1.44. The minimum absolute atomic E-state index is 0.149. The third-order valence-electron chi connectivity index (χ3n) is 5.35. The van der Waals surface area contributed by atoms with Gasteiger partial charge in [-0.15, -0.1) is 9.89 Å². The summed E-state index contributed by atoms with van der Waals surface area (Å²) in [5.41, 5.74) is 6.46. The number of hydrogen-bond donors (Lipinski definition) is 2. The summed E-state index contributed by atoms with van der Waals surface area (Å²) in [6.07, 6.45) is -0.193. The van der Waals surface area contributed by atoms with Gasteiger partial charge in [-0.25, -0.2) is 10.2 Å². The molecule has 0 spiro atoms. The van der Waals surface area contributed by atoms with Crippen molar-refractivity contribution in [1.82, 2.24) is 15.1 Å². The van der Waals surface area contributed by atoms with Gasteiger partial charge in [-0.1, -0.05) is 72.8 Å². The first-order valence-electron chi connectivity index (χ1n) is 10.2. The van der Waals surface area contributed by atoms with Gasteiger partial charge >= 0.3 is 6.09 Å². The largest absolute Gasteiger partial charge is 0.508 e. The average Bonchev–Trinajstić information content (AvgIpc) is 3.24. The van der Waals surface area contributed by atoms with E-state index in [4.69, 9.17) is 4.74 Å². The third kappa shape index (κ3) is 3.83. The molecule has 0 saturated heterocycles. The van der Waals surface area contributed by atoms with Crippen molar-refractivity contribution in [1.29, 1.82) is 0 Å². The normalized spacial score (nSPS) is 11.0. The fourth-order valence-corrected chi connectivity index (χ4v) is 3.80. The van der Waals surface area contributed by atoms with Crippen LogP contribution in [0.4, 0.5) is 4.79 Å². The molecule has 7 nitrogen and oxygen atoms in total. The molecule has 1 heterocycles. The highest BCUT2D eigenvalue weighted by Crippen LogP contribution is 2.31. The second-order valence-electron chi connectivity index (χ2n) is 7.42. The lowest BCUT2D eigenvalue weighted by Crippen LogP contribution is -2.25. The SMILES string of the molecule is O=C(Nn1nnc2cccc(Cc3c(O)ccc4ccccc34)c21)OCc1ccccc1. The van der Waals surface area contributed by atoms with Gasteiger partial charge in [0.15, 0.2) is 0 Å². The molecule has 1 aromatic heterocycles. The maximum absolute atomic E-state index is 12.4. The number of phenolic OH excluding ortho intramolecular Hbond substituents is 1. The molecular weight excluding hydrogens is 404 g/mol. The highest BCUT2D eigenvalue weighted by molar-refractivity contribution is 5.89. The molecule has 0 aliphatic rings. The average molecular weight is 424 g/mol. The van der Waals surface area contributed by atoms with E-state index in [9.17, 15) is 9.90 Å². The van der Waals surface area contributed by atoms with Gasteiger partial charge in [-0.05, 0) is 39.2 Å². The summed E-state index contributed by atoms with van der Waals surface area (Å²) in [5, 5.41) is 20.8. The molecule has 0 aliphatic heterocycles. The summed E-state index contributed by atoms with van der Waals surface area (Å²) < 4.78 is 5.31. The predicted octanol–water partition coefficient (Wildman–Crippen LogP) is 4.76. The fraction of sp³-hybridized carbons (Fsp3) is 0.0800. The lowest BCUT2D eigenvalue weighted by Gasteiger charge is -2.12. The quantitative estimate of drug-likeness (QED) is 0.425. The third-order valence-corrected chi connectivity index (χ3v) is 5.35. The lowest BCUT2D eigenvalue weighted by molar-refractivity contribution is 0.151. The molecule has 0 saturated carbocycles. The number of aromatic hydroxyl groups is 1. The van der Waals surface area contributed by atoms with Gasteiger partial charge in [-0.3, -0.25) is 0 Å². The summed E-state index contributed by atoms with van der Waals surface area (Å²) in [6, 6.07) is 26.6. The molecule has 0 atom stereocenters. The molecule has 0 unspecified atom stereocenters. The van der Waals surface area contributed by atoms with Gasteiger partial charge in [0.2, 0.25) is 0 Å². The lowest BCUT2D eigenvalue weighted by atomic mass is 9.97. The van der Waals surface area contributed by atoms with Crippen LogP contribution in [0.1, 0.15) is 16.7 Å². The number of ether oxygens (including phenoxy) is 1. The predicted molar refractivity (Wildman–Crippen MR) is 122 cm³/mol. The minimum Gasteiger partial charge on any atom is -0.508 e. The number of fused-ring (bicyclic) bond motifs is 2. The number of carbonyl (C=O) groups excluding carboxylic acids is 1. The van der Waals surface area contributed by atoms with E-state index >= 15 is 0 Å². The van der Waals surface area contributed by atoms with Gasteiger partial charge in [0, 0.05) is 12.0 Å². The van der Waals surface area contributed by atoms with Gasteiger partial charge in [0.05, 0.1) is 0 Å². The first-order chi connectivity index (χ1) is 15.7. The van der Waals surface area contributed by atoms with E-state index in [-0.39, 0.29) is 12.4 Å². The van der Waals surface area contributed by atoms with Crippen LogP contribution in [-0.4, -0.2) is 26.3 Å². The Morgan fingerprint density at radius 2 is 1.75 bits per heavy atom. The van der Waals surface area contributed by atoms with Crippen LogP contribution in [0.5, 0.6) is 5.75 Å². The Morgan fingerprint density at radius 1 is 0.938 bits per heavy atom. The number of carbonyl (C=O) groups is 1. The van der Waals surface area contributed by atoms with Crippen molar-refractivity contribution in [3.8, 4) is 5.75 Å². The number of phenols is 1. The van der Waals surface area contributed by atoms with Gasteiger partial charge < -0.3 is 9.84 Å². The Kier molecular flexibility index (Phi) is 5.13. The van der Waals surface area contributed by atoms with E-state index in [0.717, 1.165) is 27.5 Å². The van der Waals surface area contributed by atoms with Gasteiger partial charge in [-0.2, -0.15) is 0 Å². The van der Waals surface area contributed by atoms with Crippen LogP contribution in [0.25, 0.3) is 21.8 Å². The van der Waals surface area contributed by atoms with Crippen molar-refractivity contribution >= 4 is 27.9 Å². The second kappa shape index (κ2) is 8.39. The molecule has 0 radical (unpaired) electrons. The van der Waals surface area contributed by atoms with Crippen molar-refractivity contribution in [2.24, 2.45) is 0 Å². The standard InChI is InChI=1S/C25H20N4O3/c30-23-14-13-18-9-4-5-11-20(18)21(23)15-19-10-6-12-22-24(19)29(28-26-22)27-25(31)32-16-17-7-2-1-3-8-17/h1-14,30H,15-16H2,(H,27,31). The molecule has 158 valence electrons. The van der Waals surface area contributed by atoms with Crippen molar-refractivity contribution < 1.29 is 14.6 Å². The van der Waals surface area contributed by atoms with E-state index in [1.54, 1.807) is 6.07 Å². The Labute approximate surface area is 183 Å². The first kappa shape index (κ1) is 19.6. The summed E-state index contributed by atoms with van der Waals surface area (Å²) >= 11 is 0. The molecule has 5 aromatic rings. The molecule has 4 aromatic carbocycles. The summed E-state index contributed by atoms with van der Waals surface area (Å²) in [6.45, 7) is 0.149. The molecule has 5 rings (SSSR count). The van der Waals surface area contributed by atoms with Crippen molar-refractivity contribution in [3.05, 3.63) is 102 Å². The second-order valence-corrected chi connectivity index (χ2v) is 7.42. The number of amides is 1. The van der Waals surface area contributed by atoms with E-state index in [2.05, 4.69) is 15.7 Å². The molecule has 7 heteroatoms. The zero-order chi connectivity index (χ0) is 21.9. The maximum Gasteiger partial charge on any atom is 0.428 e. The van der Waals surface area contributed by atoms with E-state index in [1.807, 2.05) is 78.9 Å². The van der Waals surface area contributed by atoms with Crippen LogP contribution in [0.3, 0.4) is 0 Å².